The fourth-order valence-electron chi connectivity index (χ4n) is 8.26. The molecule has 0 spiro atoms. The molecule has 4 aliphatic rings. The number of halogens is 1. The van der Waals surface area contributed by atoms with Gasteiger partial charge in [0, 0.05) is 73.4 Å². The molecule has 10 nitrogen and oxygen atoms in total. The summed E-state index contributed by atoms with van der Waals surface area (Å²) in [6, 6.07) is 15.9. The Morgan fingerprint density at radius 3 is 2.48 bits per heavy atom. The Morgan fingerprint density at radius 2 is 1.75 bits per heavy atom. The highest BCUT2D eigenvalue weighted by Gasteiger charge is 2.47. The van der Waals surface area contributed by atoms with Gasteiger partial charge in [-0.25, -0.2) is 14.4 Å². The molecule has 2 bridgehead atoms. The molecule has 0 radical (unpaired) electrons. The highest BCUT2D eigenvalue weighted by Crippen LogP contribution is 2.41. The largest absolute Gasteiger partial charge is 0.494 e. The predicted octanol–water partition coefficient (Wildman–Crippen LogP) is 4.94. The highest BCUT2D eigenvalue weighted by atomic mass is 19.1. The molecule has 11 heteroatoms. The first kappa shape index (κ1) is 29.4. The number of ether oxygens (including phenoxy) is 1. The second kappa shape index (κ2) is 11.2. The van der Waals surface area contributed by atoms with Crippen molar-refractivity contribution in [3.63, 3.8) is 0 Å². The summed E-state index contributed by atoms with van der Waals surface area (Å²) in [5.41, 5.74) is 10.8. The standard InChI is InChI=1S/C37H38FN7O3/c1-48-31-15-26(37(47)44-20-25-9-10-29(44)32(25)39)13-28-33(31)45(19-22-16-42(17-22)36(46)24-4-2-6-27(38)12-24)35(41-28)30-14-23-5-3-11-40-34(23)43(30)18-21-7-8-21/h2-6,11-15,21-22,25,29,32H,7-10,16-20,39H2,1H3/t25?,29?,32-/m1/s1. The van der Waals surface area contributed by atoms with E-state index in [9.17, 15) is 14.0 Å². The van der Waals surface area contributed by atoms with Gasteiger partial charge in [0.1, 0.15) is 22.7 Å². The highest BCUT2D eigenvalue weighted by molar-refractivity contribution is 6.00. The van der Waals surface area contributed by atoms with E-state index in [1.807, 2.05) is 29.3 Å². The van der Waals surface area contributed by atoms with Crippen LogP contribution in [0.2, 0.25) is 0 Å². The number of methoxy groups -OCH3 is 1. The van der Waals surface area contributed by atoms with Crippen molar-refractivity contribution in [2.75, 3.05) is 26.7 Å². The van der Waals surface area contributed by atoms with Crippen LogP contribution in [0.25, 0.3) is 33.6 Å². The zero-order valence-electron chi connectivity index (χ0n) is 26.9. The summed E-state index contributed by atoms with van der Waals surface area (Å²) in [5, 5.41) is 1.05. The first-order chi connectivity index (χ1) is 23.4. The van der Waals surface area contributed by atoms with Crippen LogP contribution in [0.1, 0.15) is 46.4 Å². The van der Waals surface area contributed by atoms with Gasteiger partial charge in [0.05, 0.1) is 18.3 Å². The van der Waals surface area contributed by atoms with Crippen molar-refractivity contribution >= 4 is 33.9 Å². The number of likely N-dealkylation sites (tertiary alicyclic amines) is 2. The quantitative estimate of drug-likeness (QED) is 0.255. The summed E-state index contributed by atoms with van der Waals surface area (Å²) in [4.78, 5) is 40.8. The number of rotatable bonds is 8. The number of fused-ring (bicyclic) bond motifs is 4. The van der Waals surface area contributed by atoms with Gasteiger partial charge in [0.15, 0.2) is 5.82 Å². The normalized spacial score (nSPS) is 22.2. The van der Waals surface area contributed by atoms with Gasteiger partial charge in [0.2, 0.25) is 0 Å². The molecule has 2 amide bonds. The number of benzene rings is 2. The fraction of sp³-hybridized carbons (Fsp3) is 0.405. The molecule has 9 rings (SSSR count). The number of nitrogens with two attached hydrogens (primary N) is 1. The Labute approximate surface area is 277 Å². The number of carbonyl (C=O) groups is 2. The number of piperidine rings is 1. The molecule has 2 saturated heterocycles. The lowest BCUT2D eigenvalue weighted by atomic mass is 9.98. The van der Waals surface area contributed by atoms with Crippen LogP contribution in [0.3, 0.4) is 0 Å². The second-order valence-electron chi connectivity index (χ2n) is 14.1. The molecule has 2 aliphatic heterocycles. The molecule has 246 valence electrons. The lowest BCUT2D eigenvalue weighted by Gasteiger charge is -2.39. The summed E-state index contributed by atoms with van der Waals surface area (Å²) >= 11 is 0. The number of aromatic nitrogens is 4. The molecule has 2 unspecified atom stereocenters. The van der Waals surface area contributed by atoms with Crippen LogP contribution in [-0.4, -0.2) is 79.5 Å². The third-order valence-electron chi connectivity index (χ3n) is 11.0. The van der Waals surface area contributed by atoms with Gasteiger partial charge in [-0.2, -0.15) is 0 Å². The lowest BCUT2D eigenvalue weighted by Crippen LogP contribution is -2.51. The smallest absolute Gasteiger partial charge is 0.254 e. The van der Waals surface area contributed by atoms with Crippen molar-refractivity contribution in [2.24, 2.45) is 23.5 Å². The van der Waals surface area contributed by atoms with E-state index in [1.165, 1.54) is 25.0 Å². The van der Waals surface area contributed by atoms with E-state index in [0.29, 0.717) is 60.4 Å². The van der Waals surface area contributed by atoms with Crippen molar-refractivity contribution in [1.82, 2.24) is 28.9 Å². The molecular formula is C37H38FN7O3. The van der Waals surface area contributed by atoms with Crippen LogP contribution in [0, 0.1) is 23.6 Å². The Bertz CT molecular complexity index is 2100. The number of amides is 2. The van der Waals surface area contributed by atoms with Crippen molar-refractivity contribution in [2.45, 2.75) is 50.9 Å². The molecule has 4 fully saturated rings. The van der Waals surface area contributed by atoms with Gasteiger partial charge in [-0.3, -0.25) is 9.59 Å². The summed E-state index contributed by atoms with van der Waals surface area (Å²) in [7, 11) is 1.63. The maximum atomic E-state index is 13.9. The van der Waals surface area contributed by atoms with E-state index in [2.05, 4.69) is 21.3 Å². The molecule has 5 heterocycles. The number of nitrogens with zero attached hydrogens (tertiary/aromatic N) is 6. The average molecular weight is 648 g/mol. The van der Waals surface area contributed by atoms with Gasteiger partial charge in [-0.05, 0) is 86.1 Å². The van der Waals surface area contributed by atoms with E-state index in [4.69, 9.17) is 20.4 Å². The van der Waals surface area contributed by atoms with E-state index in [-0.39, 0.29) is 29.8 Å². The van der Waals surface area contributed by atoms with Gasteiger partial charge in [-0.1, -0.05) is 6.07 Å². The van der Waals surface area contributed by atoms with Crippen LogP contribution in [0.5, 0.6) is 5.75 Å². The maximum Gasteiger partial charge on any atom is 0.254 e. The summed E-state index contributed by atoms with van der Waals surface area (Å²) in [6.45, 7) is 3.21. The van der Waals surface area contributed by atoms with E-state index >= 15 is 0 Å². The third kappa shape index (κ3) is 4.77. The molecule has 5 aromatic rings. The van der Waals surface area contributed by atoms with Crippen molar-refractivity contribution in [3.8, 4) is 17.3 Å². The van der Waals surface area contributed by atoms with Crippen molar-refractivity contribution in [1.29, 1.82) is 0 Å². The SMILES string of the molecule is COc1cc(C(=O)N2CC3CCC2[C@@H]3N)cc2nc(-c3cc4cccnc4n3CC3CC3)n(CC3CN(C(=O)c4cccc(F)c4)C3)c12. The molecule has 2 aromatic carbocycles. The first-order valence-electron chi connectivity index (χ1n) is 17.0. The number of hydrogen-bond acceptors (Lipinski definition) is 6. The minimum Gasteiger partial charge on any atom is -0.494 e. The van der Waals surface area contributed by atoms with E-state index < -0.39 is 5.82 Å². The zero-order chi connectivity index (χ0) is 32.7. The van der Waals surface area contributed by atoms with Crippen LogP contribution in [0.15, 0.2) is 60.8 Å². The molecule has 48 heavy (non-hydrogen) atoms. The first-order valence-corrected chi connectivity index (χ1v) is 17.0. The fourth-order valence-corrected chi connectivity index (χ4v) is 8.26. The monoisotopic (exact) mass is 647 g/mol. The van der Waals surface area contributed by atoms with Gasteiger partial charge < -0.3 is 29.4 Å². The minimum absolute atomic E-state index is 0.0298. The summed E-state index contributed by atoms with van der Waals surface area (Å²) in [5.74, 6) is 1.84. The molecule has 2 aliphatic carbocycles. The van der Waals surface area contributed by atoms with E-state index in [1.54, 1.807) is 24.1 Å². The molecule has 3 aromatic heterocycles. The number of hydrogen-bond donors (Lipinski definition) is 1. The van der Waals surface area contributed by atoms with Crippen LogP contribution in [-0.2, 0) is 13.1 Å². The molecule has 2 N–H and O–H groups in total. The van der Waals surface area contributed by atoms with Gasteiger partial charge in [0.25, 0.3) is 11.8 Å². The van der Waals surface area contributed by atoms with Gasteiger partial charge >= 0.3 is 0 Å². The Balaban J connectivity index is 1.12. The van der Waals surface area contributed by atoms with Gasteiger partial charge in [-0.15, -0.1) is 0 Å². The molecule has 2 saturated carbocycles. The van der Waals surface area contributed by atoms with Crippen LogP contribution >= 0.6 is 0 Å². The number of carbonyl (C=O) groups excluding carboxylic acids is 2. The molecular weight excluding hydrogens is 609 g/mol. The predicted molar refractivity (Wildman–Crippen MR) is 179 cm³/mol. The number of pyridine rings is 1. The van der Waals surface area contributed by atoms with Crippen molar-refractivity contribution in [3.05, 3.63) is 77.7 Å². The van der Waals surface area contributed by atoms with E-state index in [0.717, 1.165) is 47.5 Å². The minimum atomic E-state index is -0.423. The average Bonchev–Trinajstić information content (AvgIpc) is 3.43. The summed E-state index contributed by atoms with van der Waals surface area (Å²) in [6.07, 6.45) is 6.23. The lowest BCUT2D eigenvalue weighted by molar-refractivity contribution is 0.0471. The third-order valence-corrected chi connectivity index (χ3v) is 11.0. The summed E-state index contributed by atoms with van der Waals surface area (Å²) < 4.78 is 24.3. The molecule has 3 atom stereocenters. The van der Waals surface area contributed by atoms with Crippen LogP contribution in [0.4, 0.5) is 4.39 Å². The Kier molecular flexibility index (Phi) is 6.83. The Hall–Kier alpha value is -4.77. The number of imidazole rings is 1. The van der Waals surface area contributed by atoms with Crippen molar-refractivity contribution < 1.29 is 18.7 Å². The second-order valence-corrected chi connectivity index (χ2v) is 14.1. The topological polar surface area (TPSA) is 112 Å². The van der Waals surface area contributed by atoms with Crippen LogP contribution < -0.4 is 10.5 Å². The maximum absolute atomic E-state index is 13.9. The zero-order valence-corrected chi connectivity index (χ0v) is 26.9. The Morgan fingerprint density at radius 1 is 0.917 bits per heavy atom.